The summed E-state index contributed by atoms with van der Waals surface area (Å²) in [4.78, 5) is 47.9. The second-order valence-electron chi connectivity index (χ2n) is 8.35. The Kier molecular flexibility index (Phi) is 7.00. The number of rotatable bonds is 9. The number of nitrogens with zero attached hydrogens (tertiary/aromatic N) is 1. The van der Waals surface area contributed by atoms with Crippen molar-refractivity contribution in [3.05, 3.63) is 81.8 Å². The van der Waals surface area contributed by atoms with Crippen molar-refractivity contribution in [3.63, 3.8) is 0 Å². The number of amides is 2. The van der Waals surface area contributed by atoms with Crippen molar-refractivity contribution >= 4 is 18.0 Å². The monoisotopic (exact) mass is 478 g/mol. The number of ether oxygens (including phenoxy) is 1. The molecule has 0 radical (unpaired) electrons. The predicted molar refractivity (Wildman–Crippen MR) is 127 cm³/mol. The zero-order chi connectivity index (χ0) is 24.9. The zero-order valence-corrected chi connectivity index (χ0v) is 19.1. The standard InChI is InChI=1S/C25H26N4O6/c1-29-22(30)12-15(28-29)13-26-24(33)21(10-11-23(31)32)27-25(34)35-14-20-18-8-4-2-6-16(18)17-7-3-5-9-19(17)20/h2-9,12,20-21,28H,10-11,13-14H2,1H3,(H,26,33)(H,27,34)(H,31,32). The number of hydrogen-bond donors (Lipinski definition) is 4. The minimum Gasteiger partial charge on any atom is -0.481 e. The van der Waals surface area contributed by atoms with Crippen molar-refractivity contribution in [1.29, 1.82) is 0 Å². The van der Waals surface area contributed by atoms with Gasteiger partial charge in [0, 0.05) is 25.5 Å². The maximum absolute atomic E-state index is 12.7. The van der Waals surface area contributed by atoms with E-state index in [0.29, 0.717) is 5.69 Å². The van der Waals surface area contributed by atoms with Crippen LogP contribution in [0.2, 0.25) is 0 Å². The molecule has 10 nitrogen and oxygen atoms in total. The fourth-order valence-electron chi connectivity index (χ4n) is 4.26. The van der Waals surface area contributed by atoms with Gasteiger partial charge in [0.15, 0.2) is 0 Å². The molecule has 35 heavy (non-hydrogen) atoms. The Balaban J connectivity index is 1.39. The summed E-state index contributed by atoms with van der Waals surface area (Å²) < 4.78 is 6.74. The summed E-state index contributed by atoms with van der Waals surface area (Å²) in [7, 11) is 1.54. The molecule has 1 unspecified atom stereocenters. The molecule has 1 aliphatic rings. The van der Waals surface area contributed by atoms with E-state index in [-0.39, 0.29) is 37.5 Å². The van der Waals surface area contributed by atoms with E-state index < -0.39 is 24.0 Å². The summed E-state index contributed by atoms with van der Waals surface area (Å²) >= 11 is 0. The molecule has 2 aromatic carbocycles. The molecular formula is C25H26N4O6. The Labute approximate surface area is 200 Å². The molecule has 3 aromatic rings. The second kappa shape index (κ2) is 10.3. The maximum Gasteiger partial charge on any atom is 0.407 e. The van der Waals surface area contributed by atoms with E-state index >= 15 is 0 Å². The van der Waals surface area contributed by atoms with Crippen LogP contribution in [0.25, 0.3) is 11.1 Å². The first-order valence-corrected chi connectivity index (χ1v) is 11.2. The summed E-state index contributed by atoms with van der Waals surface area (Å²) in [5.74, 6) is -1.82. The Morgan fingerprint density at radius 3 is 2.29 bits per heavy atom. The van der Waals surface area contributed by atoms with E-state index in [4.69, 9.17) is 9.84 Å². The van der Waals surface area contributed by atoms with Gasteiger partial charge in [0.25, 0.3) is 5.56 Å². The molecule has 182 valence electrons. The fraction of sp³-hybridized carbons (Fsp3) is 0.280. The van der Waals surface area contributed by atoms with Crippen LogP contribution in [-0.2, 0) is 27.9 Å². The molecule has 0 saturated carbocycles. The van der Waals surface area contributed by atoms with Crippen LogP contribution in [0.4, 0.5) is 4.79 Å². The highest BCUT2D eigenvalue weighted by Gasteiger charge is 2.30. The molecule has 0 saturated heterocycles. The van der Waals surface area contributed by atoms with Gasteiger partial charge >= 0.3 is 12.1 Å². The maximum atomic E-state index is 12.7. The topological polar surface area (TPSA) is 143 Å². The van der Waals surface area contributed by atoms with Gasteiger partial charge in [0.05, 0.1) is 12.2 Å². The Hall–Kier alpha value is -4.34. The number of hydrogen-bond acceptors (Lipinski definition) is 5. The molecule has 0 spiro atoms. The number of fused-ring (bicyclic) bond motifs is 3. The Morgan fingerprint density at radius 2 is 1.71 bits per heavy atom. The van der Waals surface area contributed by atoms with Crippen LogP contribution in [0.15, 0.2) is 59.4 Å². The normalized spacial score (nSPS) is 12.9. The number of carbonyl (C=O) groups excluding carboxylic acids is 2. The molecule has 1 aromatic heterocycles. The SMILES string of the molecule is Cn1[nH]c(CNC(=O)C(CCC(=O)O)NC(=O)OCC2c3ccccc3-c3ccccc32)cc1=O. The van der Waals surface area contributed by atoms with Crippen LogP contribution in [0.5, 0.6) is 0 Å². The Morgan fingerprint density at radius 1 is 1.09 bits per heavy atom. The number of aromatic amines is 1. The smallest absolute Gasteiger partial charge is 0.407 e. The van der Waals surface area contributed by atoms with Crippen molar-refractivity contribution in [2.45, 2.75) is 31.3 Å². The average Bonchev–Trinajstić information content (AvgIpc) is 3.34. The van der Waals surface area contributed by atoms with Crippen LogP contribution < -0.4 is 16.2 Å². The van der Waals surface area contributed by atoms with Crippen molar-refractivity contribution in [1.82, 2.24) is 20.4 Å². The van der Waals surface area contributed by atoms with E-state index in [2.05, 4.69) is 15.7 Å². The van der Waals surface area contributed by atoms with Gasteiger partial charge in [-0.05, 0) is 28.7 Å². The van der Waals surface area contributed by atoms with Gasteiger partial charge in [0.2, 0.25) is 5.91 Å². The van der Waals surface area contributed by atoms with Gasteiger partial charge in [-0.3, -0.25) is 24.2 Å². The first-order chi connectivity index (χ1) is 16.8. The molecular weight excluding hydrogens is 452 g/mol. The molecule has 1 heterocycles. The lowest BCUT2D eigenvalue weighted by Crippen LogP contribution is -2.47. The van der Waals surface area contributed by atoms with Gasteiger partial charge in [-0.2, -0.15) is 0 Å². The van der Waals surface area contributed by atoms with Crippen molar-refractivity contribution in [2.24, 2.45) is 7.05 Å². The van der Waals surface area contributed by atoms with Gasteiger partial charge in [-0.25, -0.2) is 4.79 Å². The van der Waals surface area contributed by atoms with Crippen LogP contribution >= 0.6 is 0 Å². The second-order valence-corrected chi connectivity index (χ2v) is 8.35. The van der Waals surface area contributed by atoms with E-state index in [0.717, 1.165) is 22.3 Å². The quantitative estimate of drug-likeness (QED) is 0.371. The van der Waals surface area contributed by atoms with Crippen molar-refractivity contribution in [3.8, 4) is 11.1 Å². The third kappa shape index (κ3) is 5.43. The molecule has 2 amide bonds. The number of benzene rings is 2. The molecule has 0 bridgehead atoms. The van der Waals surface area contributed by atoms with Crippen molar-refractivity contribution in [2.75, 3.05) is 6.61 Å². The summed E-state index contributed by atoms with van der Waals surface area (Å²) in [6.45, 7) is 0.0865. The van der Waals surface area contributed by atoms with Gasteiger partial charge in [-0.1, -0.05) is 48.5 Å². The summed E-state index contributed by atoms with van der Waals surface area (Å²) in [5.41, 5.74) is 4.51. The van der Waals surface area contributed by atoms with Crippen LogP contribution in [-0.4, -0.2) is 45.5 Å². The number of carboxylic acids is 1. The highest BCUT2D eigenvalue weighted by Crippen LogP contribution is 2.44. The molecule has 1 aliphatic carbocycles. The van der Waals surface area contributed by atoms with Gasteiger partial charge in [0.1, 0.15) is 12.6 Å². The highest BCUT2D eigenvalue weighted by molar-refractivity contribution is 5.86. The van der Waals surface area contributed by atoms with E-state index in [1.165, 1.54) is 10.7 Å². The van der Waals surface area contributed by atoms with Crippen LogP contribution in [0.1, 0.15) is 35.6 Å². The van der Waals surface area contributed by atoms with Crippen molar-refractivity contribution < 1.29 is 24.2 Å². The fourth-order valence-corrected chi connectivity index (χ4v) is 4.26. The van der Waals surface area contributed by atoms with Gasteiger partial charge < -0.3 is 20.5 Å². The third-order valence-corrected chi connectivity index (χ3v) is 5.99. The minimum atomic E-state index is -1.11. The lowest BCUT2D eigenvalue weighted by molar-refractivity contribution is -0.137. The molecule has 4 N–H and O–H groups in total. The third-order valence-electron chi connectivity index (χ3n) is 5.99. The highest BCUT2D eigenvalue weighted by atomic mass is 16.5. The Bertz CT molecular complexity index is 1270. The molecule has 10 heteroatoms. The number of carbonyl (C=O) groups is 3. The first kappa shape index (κ1) is 23.8. The number of aryl methyl sites for hydroxylation is 1. The number of aromatic nitrogens is 2. The number of nitrogens with one attached hydrogen (secondary N) is 3. The summed E-state index contributed by atoms with van der Waals surface area (Å²) in [6, 6.07) is 16.1. The molecule has 0 fully saturated rings. The number of carboxylic acid groups (broad SMARTS) is 1. The molecule has 0 aliphatic heterocycles. The largest absolute Gasteiger partial charge is 0.481 e. The van der Waals surface area contributed by atoms with Crippen LogP contribution in [0, 0.1) is 0 Å². The summed E-state index contributed by atoms with van der Waals surface area (Å²) in [5, 5.41) is 16.9. The predicted octanol–water partition coefficient (Wildman–Crippen LogP) is 2.10. The minimum absolute atomic E-state index is 0.0187. The van der Waals surface area contributed by atoms with E-state index in [1.54, 1.807) is 7.05 Å². The number of H-pyrrole nitrogens is 1. The lowest BCUT2D eigenvalue weighted by Gasteiger charge is -2.19. The lowest BCUT2D eigenvalue weighted by atomic mass is 9.98. The number of alkyl carbamates (subject to hydrolysis) is 1. The number of aliphatic carboxylic acids is 1. The molecule has 1 atom stereocenters. The van der Waals surface area contributed by atoms with E-state index in [1.807, 2.05) is 48.5 Å². The first-order valence-electron chi connectivity index (χ1n) is 11.2. The van der Waals surface area contributed by atoms with Gasteiger partial charge in [-0.15, -0.1) is 0 Å². The molecule has 4 rings (SSSR count). The average molecular weight is 479 g/mol. The zero-order valence-electron chi connectivity index (χ0n) is 19.1. The summed E-state index contributed by atoms with van der Waals surface area (Å²) in [6.07, 6.45) is -1.24. The van der Waals surface area contributed by atoms with Crippen LogP contribution in [0.3, 0.4) is 0 Å². The van der Waals surface area contributed by atoms with E-state index in [9.17, 15) is 19.2 Å².